The number of hydrogen-bond donors (Lipinski definition) is 1. The summed E-state index contributed by atoms with van der Waals surface area (Å²) in [5.74, 6) is 0.216. The molecule has 2 heterocycles. The SMILES string of the molecule is Cc1ccc(S(=O)(=O)N2CCN(c3c(Cl)cccc3NC(=O)/C=C/c3ccc(-c4ccc(C)cc4[N+](=O)[O-])o3)CC2)cc1. The maximum Gasteiger partial charge on any atom is 0.280 e. The molecule has 1 fully saturated rings. The van der Waals surface area contributed by atoms with Crippen molar-refractivity contribution in [2.45, 2.75) is 18.7 Å². The minimum absolute atomic E-state index is 0.0651. The van der Waals surface area contributed by atoms with Crippen LogP contribution in [0.2, 0.25) is 5.02 Å². The second-order valence-electron chi connectivity index (χ2n) is 10.1. The Balaban J connectivity index is 1.27. The van der Waals surface area contributed by atoms with Crippen molar-refractivity contribution in [1.82, 2.24) is 4.31 Å². The summed E-state index contributed by atoms with van der Waals surface area (Å²) < 4.78 is 33.5. The second kappa shape index (κ2) is 12.4. The van der Waals surface area contributed by atoms with Crippen LogP contribution in [0.5, 0.6) is 0 Å². The number of rotatable bonds is 8. The Morgan fingerprint density at radius 2 is 1.67 bits per heavy atom. The van der Waals surface area contributed by atoms with Crippen molar-refractivity contribution in [1.29, 1.82) is 0 Å². The number of nitrogens with one attached hydrogen (secondary N) is 1. The van der Waals surface area contributed by atoms with Gasteiger partial charge in [0.05, 0.1) is 31.8 Å². The van der Waals surface area contributed by atoms with E-state index in [1.54, 1.807) is 73.7 Å². The molecular formula is C31H29ClN4O6S. The Morgan fingerprint density at radius 3 is 2.37 bits per heavy atom. The Bertz CT molecular complexity index is 1810. The first-order valence-corrected chi connectivity index (χ1v) is 15.3. The molecule has 5 rings (SSSR count). The zero-order valence-corrected chi connectivity index (χ0v) is 25.1. The van der Waals surface area contributed by atoms with Gasteiger partial charge in [0.25, 0.3) is 5.69 Å². The van der Waals surface area contributed by atoms with Gasteiger partial charge in [0, 0.05) is 38.3 Å². The number of piperazine rings is 1. The van der Waals surface area contributed by atoms with E-state index in [0.29, 0.717) is 46.6 Å². The topological polar surface area (TPSA) is 126 Å². The number of aryl methyl sites for hydroxylation is 2. The maximum atomic E-state index is 13.1. The van der Waals surface area contributed by atoms with Gasteiger partial charge in [-0.25, -0.2) is 8.42 Å². The molecule has 1 amide bonds. The van der Waals surface area contributed by atoms with Crippen molar-refractivity contribution < 1.29 is 22.6 Å². The van der Waals surface area contributed by atoms with Crippen LogP contribution < -0.4 is 10.2 Å². The second-order valence-corrected chi connectivity index (χ2v) is 12.5. The number of furan rings is 1. The fourth-order valence-electron chi connectivity index (χ4n) is 4.87. The number of halogens is 1. The van der Waals surface area contributed by atoms with Crippen LogP contribution in [0.25, 0.3) is 17.4 Å². The van der Waals surface area contributed by atoms with Gasteiger partial charge in [-0.15, -0.1) is 0 Å². The number of carbonyl (C=O) groups is 1. The number of sulfonamides is 1. The lowest BCUT2D eigenvalue weighted by molar-refractivity contribution is -0.384. The van der Waals surface area contributed by atoms with E-state index >= 15 is 0 Å². The molecule has 0 saturated carbocycles. The fraction of sp³-hybridized carbons (Fsp3) is 0.194. The summed E-state index contributed by atoms with van der Waals surface area (Å²) in [4.78, 5) is 26.1. The van der Waals surface area contributed by atoms with E-state index in [-0.39, 0.29) is 23.7 Å². The number of benzene rings is 3. The number of carbonyl (C=O) groups excluding carboxylic acids is 1. The summed E-state index contributed by atoms with van der Waals surface area (Å²) in [6.45, 7) is 4.96. The van der Waals surface area contributed by atoms with Gasteiger partial charge in [-0.2, -0.15) is 4.31 Å². The lowest BCUT2D eigenvalue weighted by Gasteiger charge is -2.36. The maximum absolute atomic E-state index is 13.1. The highest BCUT2D eigenvalue weighted by atomic mass is 35.5. The summed E-state index contributed by atoms with van der Waals surface area (Å²) in [5.41, 5.74) is 3.10. The van der Waals surface area contributed by atoms with E-state index in [9.17, 15) is 23.3 Å². The monoisotopic (exact) mass is 620 g/mol. The van der Waals surface area contributed by atoms with Crippen molar-refractivity contribution in [2.24, 2.45) is 0 Å². The zero-order valence-electron chi connectivity index (χ0n) is 23.5. The van der Waals surface area contributed by atoms with Gasteiger partial charge >= 0.3 is 0 Å². The molecular weight excluding hydrogens is 592 g/mol. The zero-order chi connectivity index (χ0) is 30.7. The van der Waals surface area contributed by atoms with E-state index in [1.807, 2.05) is 11.8 Å². The summed E-state index contributed by atoms with van der Waals surface area (Å²) in [6, 6.07) is 20.0. The molecule has 1 aliphatic rings. The van der Waals surface area contributed by atoms with Crippen LogP contribution in [-0.4, -0.2) is 49.7 Å². The van der Waals surface area contributed by atoms with Crippen LogP contribution in [0, 0.1) is 24.0 Å². The molecule has 1 saturated heterocycles. The molecule has 1 aromatic heterocycles. The Kier molecular flexibility index (Phi) is 8.67. The van der Waals surface area contributed by atoms with Gasteiger partial charge in [0.2, 0.25) is 15.9 Å². The quantitative estimate of drug-likeness (QED) is 0.139. The minimum atomic E-state index is -3.63. The van der Waals surface area contributed by atoms with Gasteiger partial charge in [-0.3, -0.25) is 14.9 Å². The van der Waals surface area contributed by atoms with Crippen molar-refractivity contribution >= 4 is 50.7 Å². The Labute approximate surface area is 254 Å². The molecule has 0 unspecified atom stereocenters. The lowest BCUT2D eigenvalue weighted by Crippen LogP contribution is -2.49. The molecule has 222 valence electrons. The molecule has 0 atom stereocenters. The molecule has 43 heavy (non-hydrogen) atoms. The first-order chi connectivity index (χ1) is 20.5. The average molecular weight is 621 g/mol. The first kappa shape index (κ1) is 30.0. The van der Waals surface area contributed by atoms with E-state index < -0.39 is 20.9 Å². The third-order valence-electron chi connectivity index (χ3n) is 7.10. The van der Waals surface area contributed by atoms with Crippen LogP contribution in [0.4, 0.5) is 17.1 Å². The molecule has 10 nitrogen and oxygen atoms in total. The summed E-state index contributed by atoms with van der Waals surface area (Å²) in [6.07, 6.45) is 2.76. The highest BCUT2D eigenvalue weighted by molar-refractivity contribution is 7.89. The van der Waals surface area contributed by atoms with Gasteiger partial charge in [0.1, 0.15) is 11.5 Å². The van der Waals surface area contributed by atoms with Crippen LogP contribution in [-0.2, 0) is 14.8 Å². The molecule has 12 heteroatoms. The number of para-hydroxylation sites is 1. The smallest absolute Gasteiger partial charge is 0.280 e. The number of amides is 1. The Hall–Kier alpha value is -4.45. The number of nitro groups is 1. The van der Waals surface area contributed by atoms with Crippen molar-refractivity contribution in [3.8, 4) is 11.3 Å². The molecule has 0 spiro atoms. The van der Waals surface area contributed by atoms with E-state index in [4.69, 9.17) is 16.0 Å². The van der Waals surface area contributed by atoms with Gasteiger partial charge in [-0.1, -0.05) is 41.4 Å². The number of nitrogens with zero attached hydrogens (tertiary/aromatic N) is 3. The summed E-state index contributed by atoms with van der Waals surface area (Å²) in [7, 11) is -3.63. The van der Waals surface area contributed by atoms with Crippen molar-refractivity contribution in [2.75, 3.05) is 36.4 Å². The van der Waals surface area contributed by atoms with E-state index in [2.05, 4.69) is 5.32 Å². The largest absolute Gasteiger partial charge is 0.456 e. The number of anilines is 2. The Morgan fingerprint density at radius 1 is 0.977 bits per heavy atom. The van der Waals surface area contributed by atoms with Crippen LogP contribution >= 0.6 is 11.6 Å². The summed E-state index contributed by atoms with van der Waals surface area (Å²) in [5, 5.41) is 14.8. The molecule has 0 bridgehead atoms. The number of nitro benzene ring substituents is 1. The van der Waals surface area contributed by atoms with Gasteiger partial charge in [-0.05, 0) is 68.0 Å². The highest BCUT2D eigenvalue weighted by Crippen LogP contribution is 2.36. The van der Waals surface area contributed by atoms with Crippen LogP contribution in [0.3, 0.4) is 0 Å². The molecule has 4 aromatic rings. The third kappa shape index (κ3) is 6.64. The van der Waals surface area contributed by atoms with Crippen LogP contribution in [0.1, 0.15) is 16.9 Å². The number of hydrogen-bond acceptors (Lipinski definition) is 7. The van der Waals surface area contributed by atoms with Crippen molar-refractivity contribution in [3.63, 3.8) is 0 Å². The predicted octanol–water partition coefficient (Wildman–Crippen LogP) is 6.29. The molecule has 0 aliphatic carbocycles. The molecule has 3 aromatic carbocycles. The molecule has 1 N–H and O–H groups in total. The van der Waals surface area contributed by atoms with E-state index in [1.165, 1.54) is 22.5 Å². The normalized spacial score (nSPS) is 14.3. The van der Waals surface area contributed by atoms with Crippen molar-refractivity contribution in [3.05, 3.63) is 111 Å². The average Bonchev–Trinajstić information content (AvgIpc) is 3.45. The molecule has 1 aliphatic heterocycles. The third-order valence-corrected chi connectivity index (χ3v) is 9.32. The first-order valence-electron chi connectivity index (χ1n) is 13.5. The lowest BCUT2D eigenvalue weighted by atomic mass is 10.1. The standard InChI is InChI=1S/C31H29ClN4O6S/c1-21-6-11-24(12-7-21)43(40,41)35-18-16-34(17-19-35)31-26(32)4-3-5-27(31)33-30(37)15-10-23-9-14-29(42-23)25-13-8-22(2)20-28(25)36(38)39/h3-15,20H,16-19H2,1-2H3,(H,33,37)/b15-10+. The summed E-state index contributed by atoms with van der Waals surface area (Å²) >= 11 is 6.56. The van der Waals surface area contributed by atoms with Gasteiger partial charge in [0.15, 0.2) is 0 Å². The fourth-order valence-corrected chi connectivity index (χ4v) is 6.59. The predicted molar refractivity (Wildman–Crippen MR) is 167 cm³/mol. The van der Waals surface area contributed by atoms with Crippen LogP contribution in [0.15, 0.2) is 88.2 Å². The van der Waals surface area contributed by atoms with E-state index in [0.717, 1.165) is 11.1 Å². The highest BCUT2D eigenvalue weighted by Gasteiger charge is 2.30. The minimum Gasteiger partial charge on any atom is -0.456 e. The van der Waals surface area contributed by atoms with Gasteiger partial charge < -0.3 is 14.6 Å². The molecule has 0 radical (unpaired) electrons.